The van der Waals surface area contributed by atoms with Gasteiger partial charge in [-0.3, -0.25) is 4.55 Å². The van der Waals surface area contributed by atoms with Crippen LogP contribution < -0.4 is 0 Å². The lowest BCUT2D eigenvalue weighted by Gasteiger charge is -2.43. The average Bonchev–Trinajstić information content (AvgIpc) is 2.41. The molecule has 8 nitrogen and oxygen atoms in total. The number of aliphatic hydroxyl groups excluding tert-OH is 3. The molecular formula is C12H24O8S. The summed E-state index contributed by atoms with van der Waals surface area (Å²) in [5, 5.41) is 29.7. The Bertz CT molecular complexity index is 409. The first-order valence-electron chi connectivity index (χ1n) is 7.02. The van der Waals surface area contributed by atoms with Crippen molar-refractivity contribution in [1.82, 2.24) is 0 Å². The van der Waals surface area contributed by atoms with E-state index in [1.807, 2.05) is 13.8 Å². The van der Waals surface area contributed by atoms with Gasteiger partial charge in [0, 0.05) is 0 Å². The normalized spacial score (nSPS) is 35.6. The number of aliphatic hydroxyl groups is 3. The molecule has 21 heavy (non-hydrogen) atoms. The second-order valence-corrected chi connectivity index (χ2v) is 6.37. The van der Waals surface area contributed by atoms with Crippen LogP contribution in [0.2, 0.25) is 0 Å². The molecule has 1 aliphatic heterocycles. The van der Waals surface area contributed by atoms with Gasteiger partial charge in [-0.2, -0.15) is 8.42 Å². The molecular weight excluding hydrogens is 304 g/mol. The van der Waals surface area contributed by atoms with Crippen molar-refractivity contribution in [3.63, 3.8) is 0 Å². The first-order chi connectivity index (χ1) is 9.71. The number of hydrogen-bond donors (Lipinski definition) is 4. The maximum Gasteiger partial charge on any atom is 0.397 e. The number of ether oxygens (including phenoxy) is 1. The van der Waals surface area contributed by atoms with Crippen molar-refractivity contribution in [3.8, 4) is 0 Å². The fraction of sp³-hybridized carbons (Fsp3) is 1.00. The lowest BCUT2D eigenvalue weighted by atomic mass is 9.84. The first-order valence-corrected chi connectivity index (χ1v) is 8.39. The number of rotatable bonds is 7. The molecule has 0 spiro atoms. The highest BCUT2D eigenvalue weighted by molar-refractivity contribution is 7.80. The highest BCUT2D eigenvalue weighted by Crippen LogP contribution is 2.30. The third-order valence-corrected chi connectivity index (χ3v) is 4.21. The minimum atomic E-state index is -4.67. The molecule has 1 saturated heterocycles. The van der Waals surface area contributed by atoms with Crippen LogP contribution in [0.3, 0.4) is 0 Å². The lowest BCUT2D eigenvalue weighted by molar-refractivity contribution is -0.240. The molecule has 0 radical (unpaired) electrons. The first kappa shape index (κ1) is 18.8. The summed E-state index contributed by atoms with van der Waals surface area (Å²) in [6.07, 6.45) is -3.81. The van der Waals surface area contributed by atoms with Gasteiger partial charge in [-0.25, -0.2) is 4.18 Å². The summed E-state index contributed by atoms with van der Waals surface area (Å²) in [5.74, 6) is -0.0413. The Kier molecular flexibility index (Phi) is 6.98. The van der Waals surface area contributed by atoms with Crippen LogP contribution in [0.15, 0.2) is 0 Å². The summed E-state index contributed by atoms with van der Waals surface area (Å²) >= 11 is 0. The Morgan fingerprint density at radius 3 is 2.24 bits per heavy atom. The maximum absolute atomic E-state index is 10.6. The SMILES string of the molecule is CCCC(CC)C1OC(COS(=O)(=O)O)C(O)C(O)C1O. The van der Waals surface area contributed by atoms with Gasteiger partial charge >= 0.3 is 10.4 Å². The number of hydrogen-bond acceptors (Lipinski definition) is 7. The van der Waals surface area contributed by atoms with Crippen LogP contribution in [0.25, 0.3) is 0 Å². The molecule has 1 rings (SSSR count). The Labute approximate surface area is 124 Å². The van der Waals surface area contributed by atoms with Crippen molar-refractivity contribution >= 4 is 10.4 Å². The van der Waals surface area contributed by atoms with Crippen LogP contribution in [-0.2, 0) is 19.3 Å². The molecule has 0 aliphatic carbocycles. The van der Waals surface area contributed by atoms with E-state index in [4.69, 9.17) is 9.29 Å². The molecule has 1 fully saturated rings. The second kappa shape index (κ2) is 7.82. The molecule has 9 heteroatoms. The molecule has 1 heterocycles. The predicted molar refractivity (Wildman–Crippen MR) is 72.9 cm³/mol. The third-order valence-electron chi connectivity index (χ3n) is 3.78. The predicted octanol–water partition coefficient (Wildman–Crippen LogP) is -0.518. The fourth-order valence-electron chi connectivity index (χ4n) is 2.63. The summed E-state index contributed by atoms with van der Waals surface area (Å²) in [6, 6.07) is 0. The van der Waals surface area contributed by atoms with Gasteiger partial charge in [0.05, 0.1) is 12.7 Å². The van der Waals surface area contributed by atoms with E-state index >= 15 is 0 Å². The largest absolute Gasteiger partial charge is 0.397 e. The summed E-state index contributed by atoms with van der Waals surface area (Å²) in [7, 11) is -4.67. The Hall–Kier alpha value is -0.290. The molecule has 0 aromatic heterocycles. The molecule has 0 amide bonds. The minimum absolute atomic E-state index is 0.0413. The van der Waals surface area contributed by atoms with Crippen LogP contribution in [0.1, 0.15) is 33.1 Å². The molecule has 1 aliphatic rings. The molecule has 6 unspecified atom stereocenters. The van der Waals surface area contributed by atoms with Crippen molar-refractivity contribution in [2.75, 3.05) is 6.61 Å². The third kappa shape index (κ3) is 5.13. The van der Waals surface area contributed by atoms with Gasteiger partial charge in [-0.05, 0) is 12.3 Å². The lowest BCUT2D eigenvalue weighted by Crippen LogP contribution is -2.60. The monoisotopic (exact) mass is 328 g/mol. The van der Waals surface area contributed by atoms with Crippen molar-refractivity contribution in [1.29, 1.82) is 0 Å². The zero-order valence-electron chi connectivity index (χ0n) is 12.1. The Morgan fingerprint density at radius 2 is 1.76 bits per heavy atom. The summed E-state index contributed by atoms with van der Waals surface area (Å²) < 4.78 is 39.4. The van der Waals surface area contributed by atoms with Crippen LogP contribution in [0.5, 0.6) is 0 Å². The Morgan fingerprint density at radius 1 is 1.14 bits per heavy atom. The van der Waals surface area contributed by atoms with E-state index < -0.39 is 47.5 Å². The molecule has 0 bridgehead atoms. The summed E-state index contributed by atoms with van der Waals surface area (Å²) in [4.78, 5) is 0. The highest BCUT2D eigenvalue weighted by Gasteiger charge is 2.46. The molecule has 6 atom stereocenters. The van der Waals surface area contributed by atoms with E-state index in [1.165, 1.54) is 0 Å². The zero-order valence-corrected chi connectivity index (χ0v) is 12.9. The van der Waals surface area contributed by atoms with E-state index in [0.717, 1.165) is 12.8 Å². The van der Waals surface area contributed by atoms with Crippen molar-refractivity contribution in [2.45, 2.75) is 63.6 Å². The maximum atomic E-state index is 10.6. The van der Waals surface area contributed by atoms with Crippen LogP contribution in [-0.4, -0.2) is 65.4 Å². The quantitative estimate of drug-likeness (QED) is 0.459. The van der Waals surface area contributed by atoms with Gasteiger partial charge in [0.15, 0.2) is 0 Å². The Balaban J connectivity index is 2.81. The summed E-state index contributed by atoms with van der Waals surface area (Å²) in [6.45, 7) is 3.25. The van der Waals surface area contributed by atoms with Crippen molar-refractivity contribution < 1.29 is 37.2 Å². The van der Waals surface area contributed by atoms with E-state index in [2.05, 4.69) is 4.18 Å². The topological polar surface area (TPSA) is 134 Å². The van der Waals surface area contributed by atoms with Crippen molar-refractivity contribution in [2.24, 2.45) is 5.92 Å². The van der Waals surface area contributed by atoms with E-state index in [0.29, 0.717) is 6.42 Å². The zero-order chi connectivity index (χ0) is 16.2. The smallest absolute Gasteiger partial charge is 0.388 e. The van der Waals surface area contributed by atoms with Gasteiger partial charge in [0.2, 0.25) is 0 Å². The van der Waals surface area contributed by atoms with E-state index in [9.17, 15) is 23.7 Å². The molecule has 0 saturated carbocycles. The van der Waals surface area contributed by atoms with Gasteiger partial charge in [-0.1, -0.05) is 26.7 Å². The van der Waals surface area contributed by atoms with Crippen molar-refractivity contribution in [3.05, 3.63) is 0 Å². The summed E-state index contributed by atoms with van der Waals surface area (Å²) in [5.41, 5.74) is 0. The van der Waals surface area contributed by atoms with Gasteiger partial charge in [-0.15, -0.1) is 0 Å². The van der Waals surface area contributed by atoms with E-state index in [-0.39, 0.29) is 5.92 Å². The molecule has 4 N–H and O–H groups in total. The molecule has 126 valence electrons. The van der Waals surface area contributed by atoms with Crippen LogP contribution >= 0.6 is 0 Å². The average molecular weight is 328 g/mol. The standard InChI is InChI=1S/C12H24O8S/c1-3-5-7(4-2)12-11(15)10(14)9(13)8(20-12)6-19-21(16,17)18/h7-15H,3-6H2,1-2H3,(H,16,17,18). The fourth-order valence-corrected chi connectivity index (χ4v) is 2.94. The van der Waals surface area contributed by atoms with Crippen LogP contribution in [0.4, 0.5) is 0 Å². The van der Waals surface area contributed by atoms with Gasteiger partial charge in [0.25, 0.3) is 0 Å². The van der Waals surface area contributed by atoms with Crippen LogP contribution in [0, 0.1) is 5.92 Å². The minimum Gasteiger partial charge on any atom is -0.388 e. The molecule has 0 aromatic carbocycles. The second-order valence-electron chi connectivity index (χ2n) is 5.28. The van der Waals surface area contributed by atoms with E-state index in [1.54, 1.807) is 0 Å². The van der Waals surface area contributed by atoms with Gasteiger partial charge in [0.1, 0.15) is 24.4 Å². The molecule has 0 aromatic rings. The highest BCUT2D eigenvalue weighted by atomic mass is 32.3. The van der Waals surface area contributed by atoms with Gasteiger partial charge < -0.3 is 20.1 Å².